The summed E-state index contributed by atoms with van der Waals surface area (Å²) in [5.74, 6) is 0. The molecule has 0 amide bonds. The first-order valence-electron chi connectivity index (χ1n) is 5.60. The van der Waals surface area contributed by atoms with Gasteiger partial charge in [0.25, 0.3) is 0 Å². The number of sulfonamides is 1. The summed E-state index contributed by atoms with van der Waals surface area (Å²) in [7, 11) is -3.48. The zero-order valence-electron chi connectivity index (χ0n) is 10.3. The molecule has 1 heterocycles. The van der Waals surface area contributed by atoms with E-state index in [0.717, 1.165) is 0 Å². The average molecular weight is 346 g/mol. The fourth-order valence-electron chi connectivity index (χ4n) is 1.90. The smallest absolute Gasteiger partial charge is 0.243 e. The van der Waals surface area contributed by atoms with Crippen molar-refractivity contribution in [3.8, 4) is 0 Å². The van der Waals surface area contributed by atoms with Crippen LogP contribution in [-0.4, -0.2) is 38.4 Å². The Bertz CT molecular complexity index is 551. The minimum atomic E-state index is -3.48. The second-order valence-electron chi connectivity index (χ2n) is 4.29. The van der Waals surface area contributed by atoms with E-state index in [-0.39, 0.29) is 28.4 Å². The van der Waals surface area contributed by atoms with E-state index in [4.69, 9.17) is 23.2 Å². The molecule has 1 saturated heterocycles. The second-order valence-corrected chi connectivity index (χ2v) is 7.05. The molecular formula is C11H15Cl3N2O2S. The van der Waals surface area contributed by atoms with Gasteiger partial charge in [0.05, 0.1) is 14.9 Å². The Morgan fingerprint density at radius 3 is 2.58 bits per heavy atom. The molecule has 108 valence electrons. The highest BCUT2D eigenvalue weighted by Gasteiger charge is 2.28. The SMILES string of the molecule is C[C@H]1CN(S(=O)(=O)c2ccc(Cl)c(Cl)c2)CCN1.Cl. The van der Waals surface area contributed by atoms with Crippen molar-refractivity contribution in [3.05, 3.63) is 28.2 Å². The lowest BCUT2D eigenvalue weighted by atomic mass is 10.3. The van der Waals surface area contributed by atoms with Crippen molar-refractivity contribution in [2.24, 2.45) is 0 Å². The van der Waals surface area contributed by atoms with E-state index in [0.29, 0.717) is 24.7 Å². The molecule has 8 heteroatoms. The monoisotopic (exact) mass is 344 g/mol. The van der Waals surface area contributed by atoms with E-state index < -0.39 is 10.0 Å². The van der Waals surface area contributed by atoms with Crippen molar-refractivity contribution in [2.75, 3.05) is 19.6 Å². The number of piperazine rings is 1. The van der Waals surface area contributed by atoms with Crippen molar-refractivity contribution < 1.29 is 8.42 Å². The number of hydrogen-bond acceptors (Lipinski definition) is 3. The maximum Gasteiger partial charge on any atom is 0.243 e. The van der Waals surface area contributed by atoms with Gasteiger partial charge < -0.3 is 5.32 Å². The van der Waals surface area contributed by atoms with Crippen LogP contribution >= 0.6 is 35.6 Å². The minimum absolute atomic E-state index is 0. The molecule has 0 bridgehead atoms. The molecule has 1 aromatic rings. The molecule has 0 radical (unpaired) electrons. The lowest BCUT2D eigenvalue weighted by Crippen LogP contribution is -2.51. The first-order chi connectivity index (χ1) is 8.41. The first kappa shape index (κ1) is 17.0. The van der Waals surface area contributed by atoms with Crippen molar-refractivity contribution in [2.45, 2.75) is 17.9 Å². The van der Waals surface area contributed by atoms with Gasteiger partial charge in [0.15, 0.2) is 0 Å². The summed E-state index contributed by atoms with van der Waals surface area (Å²) in [4.78, 5) is 0.186. The Kier molecular flexibility index (Phi) is 5.92. The Balaban J connectivity index is 0.00000180. The quantitative estimate of drug-likeness (QED) is 0.895. The molecule has 2 rings (SSSR count). The van der Waals surface area contributed by atoms with E-state index >= 15 is 0 Å². The molecule has 19 heavy (non-hydrogen) atoms. The Hall–Kier alpha value is -0.0400. The van der Waals surface area contributed by atoms with E-state index in [1.165, 1.54) is 22.5 Å². The number of rotatable bonds is 2. The third-order valence-corrected chi connectivity index (χ3v) is 5.46. The van der Waals surface area contributed by atoms with E-state index in [9.17, 15) is 8.42 Å². The van der Waals surface area contributed by atoms with Gasteiger partial charge in [0.1, 0.15) is 0 Å². The van der Waals surface area contributed by atoms with Gasteiger partial charge >= 0.3 is 0 Å². The standard InChI is InChI=1S/C11H14Cl2N2O2S.ClH/c1-8-7-15(5-4-14-8)18(16,17)9-2-3-10(12)11(13)6-9;/h2-3,6,8,14H,4-5,7H2,1H3;1H/t8-;/m0./s1. The number of halogens is 3. The van der Waals surface area contributed by atoms with Gasteiger partial charge in [-0.3, -0.25) is 0 Å². The average Bonchev–Trinajstić information content (AvgIpc) is 2.32. The van der Waals surface area contributed by atoms with Gasteiger partial charge in [-0.1, -0.05) is 23.2 Å². The first-order valence-corrected chi connectivity index (χ1v) is 7.79. The van der Waals surface area contributed by atoms with Crippen LogP contribution in [0.1, 0.15) is 6.92 Å². The Labute approximate surface area is 129 Å². The van der Waals surface area contributed by atoms with Crippen LogP contribution in [-0.2, 0) is 10.0 Å². The van der Waals surface area contributed by atoms with Crippen molar-refractivity contribution >= 4 is 45.6 Å². The highest BCUT2D eigenvalue weighted by atomic mass is 35.5. The lowest BCUT2D eigenvalue weighted by Gasteiger charge is -2.31. The normalized spacial score (nSPS) is 20.9. The van der Waals surface area contributed by atoms with E-state index in [1.807, 2.05) is 6.92 Å². The highest BCUT2D eigenvalue weighted by molar-refractivity contribution is 7.89. The molecule has 0 aromatic heterocycles. The number of nitrogens with zero attached hydrogens (tertiary/aromatic N) is 1. The zero-order chi connectivity index (χ0) is 13.3. The van der Waals surface area contributed by atoms with Gasteiger partial charge in [0.2, 0.25) is 10.0 Å². The summed E-state index contributed by atoms with van der Waals surface area (Å²) >= 11 is 11.6. The van der Waals surface area contributed by atoms with Crippen LogP contribution in [0.25, 0.3) is 0 Å². The molecular weight excluding hydrogens is 331 g/mol. The molecule has 1 aliphatic heterocycles. The van der Waals surface area contributed by atoms with Gasteiger partial charge in [-0.05, 0) is 25.1 Å². The summed E-state index contributed by atoms with van der Waals surface area (Å²) in [6.45, 7) is 3.54. The molecule has 0 saturated carbocycles. The van der Waals surface area contributed by atoms with Gasteiger partial charge in [-0.2, -0.15) is 4.31 Å². The minimum Gasteiger partial charge on any atom is -0.312 e. The fourth-order valence-corrected chi connectivity index (χ4v) is 3.82. The Morgan fingerprint density at radius 1 is 1.32 bits per heavy atom. The fraction of sp³-hybridized carbons (Fsp3) is 0.455. The molecule has 1 aliphatic rings. The van der Waals surface area contributed by atoms with Crippen LogP contribution in [0.4, 0.5) is 0 Å². The summed E-state index contributed by atoms with van der Waals surface area (Å²) in [5, 5.41) is 3.80. The van der Waals surface area contributed by atoms with Crippen LogP contribution in [0.5, 0.6) is 0 Å². The third kappa shape index (κ3) is 3.74. The van der Waals surface area contributed by atoms with Crippen molar-refractivity contribution in [3.63, 3.8) is 0 Å². The topological polar surface area (TPSA) is 49.4 Å². The summed E-state index contributed by atoms with van der Waals surface area (Å²) in [6.07, 6.45) is 0. The van der Waals surface area contributed by atoms with Crippen molar-refractivity contribution in [1.29, 1.82) is 0 Å². The van der Waals surface area contributed by atoms with Crippen LogP contribution in [0, 0.1) is 0 Å². The molecule has 1 aromatic carbocycles. The van der Waals surface area contributed by atoms with Crippen LogP contribution in [0.15, 0.2) is 23.1 Å². The van der Waals surface area contributed by atoms with E-state index in [2.05, 4.69) is 5.32 Å². The predicted molar refractivity (Wildman–Crippen MR) is 79.9 cm³/mol. The van der Waals surface area contributed by atoms with Crippen molar-refractivity contribution in [1.82, 2.24) is 9.62 Å². The molecule has 0 spiro atoms. The molecule has 1 N–H and O–H groups in total. The number of nitrogens with one attached hydrogen (secondary N) is 1. The Morgan fingerprint density at radius 2 is 2.00 bits per heavy atom. The summed E-state index contributed by atoms with van der Waals surface area (Å²) in [6, 6.07) is 4.53. The molecule has 1 fully saturated rings. The van der Waals surface area contributed by atoms with Gasteiger partial charge in [-0.15, -0.1) is 12.4 Å². The molecule has 4 nitrogen and oxygen atoms in total. The highest BCUT2D eigenvalue weighted by Crippen LogP contribution is 2.26. The van der Waals surface area contributed by atoms with Crippen LogP contribution < -0.4 is 5.32 Å². The summed E-state index contributed by atoms with van der Waals surface area (Å²) in [5.41, 5.74) is 0. The third-order valence-electron chi connectivity index (χ3n) is 2.86. The molecule has 0 unspecified atom stereocenters. The number of benzene rings is 1. The van der Waals surface area contributed by atoms with E-state index in [1.54, 1.807) is 0 Å². The molecule has 0 aliphatic carbocycles. The maximum atomic E-state index is 12.4. The van der Waals surface area contributed by atoms with Crippen LogP contribution in [0.2, 0.25) is 10.0 Å². The summed E-state index contributed by atoms with van der Waals surface area (Å²) < 4.78 is 26.3. The van der Waals surface area contributed by atoms with Gasteiger partial charge in [0, 0.05) is 25.7 Å². The largest absolute Gasteiger partial charge is 0.312 e. The maximum absolute atomic E-state index is 12.4. The predicted octanol–water partition coefficient (Wildman–Crippen LogP) is 2.40. The zero-order valence-corrected chi connectivity index (χ0v) is 13.4. The lowest BCUT2D eigenvalue weighted by molar-refractivity contribution is 0.310. The molecule has 1 atom stereocenters. The van der Waals surface area contributed by atoms with Gasteiger partial charge in [-0.25, -0.2) is 8.42 Å². The second kappa shape index (κ2) is 6.61. The number of hydrogen-bond donors (Lipinski definition) is 1. The van der Waals surface area contributed by atoms with Crippen LogP contribution in [0.3, 0.4) is 0 Å².